The summed E-state index contributed by atoms with van der Waals surface area (Å²) in [6.45, 7) is 0. The molecule has 0 atom stereocenters. The van der Waals surface area contributed by atoms with E-state index >= 15 is 0 Å². The first kappa shape index (κ1) is 28.6. The summed E-state index contributed by atoms with van der Waals surface area (Å²) in [6, 6.07) is 0. The Balaban J connectivity index is 2.78. The normalized spacial score (nSPS) is 12.0. The first-order valence-electron chi connectivity index (χ1n) is 9.85. The first-order chi connectivity index (χ1) is 16.0. The standard InChI is InChI=1S/C19H3B15S/c1-35(17-11(29)5(23)2(20)6(24)12(17)30,18-13(31)7(25)3(21)8(26)14(18)32)19-15(33)9(27)4(22)10(28)16(19)34/h1H3. The Morgan fingerprint density at radius 3 is 0.514 bits per heavy atom. The zero-order valence-corrected chi connectivity index (χ0v) is 19.9. The first-order valence-corrected chi connectivity index (χ1v) is 11.9. The Labute approximate surface area is 229 Å². The molecule has 0 heterocycles. The van der Waals surface area contributed by atoms with E-state index < -0.39 is 10.0 Å². The lowest BCUT2D eigenvalue weighted by molar-refractivity contribution is 1.45. The third-order valence-electron chi connectivity index (χ3n) is 6.17. The van der Waals surface area contributed by atoms with Gasteiger partial charge < -0.3 is 0 Å². The van der Waals surface area contributed by atoms with Crippen LogP contribution < -0.4 is 81.9 Å². The highest BCUT2D eigenvalue weighted by Crippen LogP contribution is 2.61. The van der Waals surface area contributed by atoms with Crippen molar-refractivity contribution in [2.24, 2.45) is 0 Å². The molecule has 0 aliphatic carbocycles. The van der Waals surface area contributed by atoms with Gasteiger partial charge in [-0.2, -0.15) is 10.0 Å². The highest BCUT2D eigenvalue weighted by Gasteiger charge is 2.35. The summed E-state index contributed by atoms with van der Waals surface area (Å²) in [4.78, 5) is 0.557. The summed E-state index contributed by atoms with van der Waals surface area (Å²) in [5, 5.41) is 0. The summed E-state index contributed by atoms with van der Waals surface area (Å²) in [5.74, 6) is 0. The molecular weight excluding hydrogens is 422 g/mol. The van der Waals surface area contributed by atoms with Crippen molar-refractivity contribution in [3.63, 3.8) is 0 Å². The second-order valence-corrected chi connectivity index (χ2v) is 11.2. The predicted octanol–water partition coefficient (Wildman–Crippen LogP) is -12.5. The Morgan fingerprint density at radius 2 is 0.371 bits per heavy atom. The van der Waals surface area contributed by atoms with E-state index in [0.717, 1.165) is 0 Å². The zero-order valence-electron chi connectivity index (χ0n) is 19.1. The minimum absolute atomic E-state index is 0.0138. The van der Waals surface area contributed by atoms with Crippen LogP contribution in [0.25, 0.3) is 0 Å². The third kappa shape index (κ3) is 4.00. The molecule has 0 amide bonds. The van der Waals surface area contributed by atoms with E-state index in [2.05, 4.69) is 0 Å². The van der Waals surface area contributed by atoms with Crippen LogP contribution in [-0.4, -0.2) is 124 Å². The minimum atomic E-state index is -2.94. The summed E-state index contributed by atoms with van der Waals surface area (Å²) in [6.07, 6.45) is 1.68. The molecule has 35 heavy (non-hydrogen) atoms. The van der Waals surface area contributed by atoms with Gasteiger partial charge >= 0.3 is 0 Å². The van der Waals surface area contributed by atoms with Gasteiger partial charge in [-0.25, -0.2) is 0 Å². The summed E-state index contributed by atoms with van der Waals surface area (Å²) < 4.78 is 0. The fourth-order valence-corrected chi connectivity index (χ4v) is 8.01. The molecule has 0 saturated carbocycles. The molecule has 0 spiro atoms. The molecule has 0 aliphatic heterocycles. The Bertz CT molecular complexity index is 1160. The fraction of sp³-hybridized carbons (Fsp3) is 0.0526. The van der Waals surface area contributed by atoms with Gasteiger partial charge in [-0.3, -0.25) is 0 Å². The topological polar surface area (TPSA) is 0 Å². The van der Waals surface area contributed by atoms with Crippen LogP contribution >= 0.6 is 10.0 Å². The summed E-state index contributed by atoms with van der Waals surface area (Å²) in [5.41, 5.74) is -0.376. The fourth-order valence-electron chi connectivity index (χ4n) is 4.10. The maximum atomic E-state index is 6.47. The summed E-state index contributed by atoms with van der Waals surface area (Å²) in [7, 11) is 91.1. The third-order valence-corrected chi connectivity index (χ3v) is 9.94. The molecule has 0 aliphatic rings. The minimum Gasteiger partial charge on any atom is -0.167 e. The molecular formula is C19H3B15S. The Hall–Kier alpha value is -1.02. The molecule has 130 valence electrons. The molecule has 3 aromatic carbocycles. The second-order valence-electron chi connectivity index (χ2n) is 8.11. The zero-order chi connectivity index (χ0) is 26.9. The largest absolute Gasteiger partial charge is 0.167 e. The lowest BCUT2D eigenvalue weighted by Gasteiger charge is -2.48. The molecule has 3 aromatic rings. The van der Waals surface area contributed by atoms with Gasteiger partial charge in [-0.05, 0) is 20.9 Å². The van der Waals surface area contributed by atoms with Crippen LogP contribution in [0, 0.1) is 0 Å². The van der Waals surface area contributed by atoms with E-state index in [-0.39, 0.29) is 96.6 Å². The quantitative estimate of drug-likeness (QED) is 0.366. The maximum absolute atomic E-state index is 6.47. The van der Waals surface area contributed by atoms with Crippen molar-refractivity contribution in [1.29, 1.82) is 0 Å². The van der Waals surface area contributed by atoms with Crippen LogP contribution in [0.2, 0.25) is 0 Å². The number of rotatable bonds is 3. The van der Waals surface area contributed by atoms with E-state index in [1.54, 1.807) is 6.26 Å². The van der Waals surface area contributed by atoms with Crippen LogP contribution in [0.15, 0.2) is 14.7 Å². The van der Waals surface area contributed by atoms with Crippen LogP contribution in [0.3, 0.4) is 0 Å². The van der Waals surface area contributed by atoms with E-state index in [9.17, 15) is 0 Å². The van der Waals surface area contributed by atoms with Crippen LogP contribution in [-0.2, 0) is 0 Å². The Kier molecular flexibility index (Phi) is 7.91. The van der Waals surface area contributed by atoms with Gasteiger partial charge in [0.15, 0.2) is 0 Å². The lowest BCUT2D eigenvalue weighted by atomic mass is 9.62. The molecule has 0 fully saturated rings. The molecule has 0 unspecified atom stereocenters. The maximum Gasteiger partial charge on any atom is 0.114 e. The molecule has 16 heteroatoms. The van der Waals surface area contributed by atoms with E-state index in [1.807, 2.05) is 0 Å². The average molecular weight is 425 g/mol. The molecule has 0 saturated heterocycles. The monoisotopic (exact) mass is 428 g/mol. The summed E-state index contributed by atoms with van der Waals surface area (Å²) >= 11 is 0. The smallest absolute Gasteiger partial charge is 0.114 e. The van der Waals surface area contributed by atoms with Crippen LogP contribution in [0.1, 0.15) is 0 Å². The van der Waals surface area contributed by atoms with Crippen molar-refractivity contribution in [1.82, 2.24) is 0 Å². The average Bonchev–Trinajstić information content (AvgIpc) is 2.81. The van der Waals surface area contributed by atoms with E-state index in [4.69, 9.17) is 118 Å². The second kappa shape index (κ2) is 9.70. The van der Waals surface area contributed by atoms with Crippen molar-refractivity contribution in [2.75, 3.05) is 6.26 Å². The van der Waals surface area contributed by atoms with Gasteiger partial charge in [0.25, 0.3) is 0 Å². The van der Waals surface area contributed by atoms with Crippen molar-refractivity contribution < 1.29 is 0 Å². The van der Waals surface area contributed by atoms with Crippen molar-refractivity contribution in [3.05, 3.63) is 0 Å². The van der Waals surface area contributed by atoms with Crippen molar-refractivity contribution in [2.45, 2.75) is 14.7 Å². The predicted molar refractivity (Wildman–Crippen MR) is 168 cm³/mol. The van der Waals surface area contributed by atoms with Gasteiger partial charge in [0.1, 0.15) is 118 Å². The molecule has 0 nitrogen and oxygen atoms in total. The van der Waals surface area contributed by atoms with Crippen LogP contribution in [0.5, 0.6) is 0 Å². The van der Waals surface area contributed by atoms with Gasteiger partial charge in [0.2, 0.25) is 0 Å². The highest BCUT2D eigenvalue weighted by atomic mass is 32.3. The number of benzene rings is 3. The molecule has 0 aromatic heterocycles. The molecule has 0 bridgehead atoms. The molecule has 3 rings (SSSR count). The molecule has 30 radical (unpaired) electrons. The van der Waals surface area contributed by atoms with Crippen molar-refractivity contribution in [3.8, 4) is 0 Å². The molecule has 0 N–H and O–H groups in total. The number of hydrogen-bond acceptors (Lipinski definition) is 0. The van der Waals surface area contributed by atoms with Gasteiger partial charge in [-0.15, -0.1) is 49.2 Å². The Morgan fingerprint density at radius 1 is 0.257 bits per heavy atom. The lowest BCUT2D eigenvalue weighted by Crippen LogP contribution is -2.61. The van der Waals surface area contributed by atoms with Gasteiger partial charge in [0, 0.05) is 0 Å². The number of hydrogen-bond donors (Lipinski definition) is 0. The highest BCUT2D eigenvalue weighted by molar-refractivity contribution is 8.34. The van der Waals surface area contributed by atoms with E-state index in [1.165, 1.54) is 0 Å². The SMILES string of the molecule is [B]c1c([B])c([B])c(S(C)(c2c([B])c([B])c([B])c([B])c2[B])c2c([B])c([B])c([B])c([B])c2[B])c([B])c1[B]. The van der Waals surface area contributed by atoms with Crippen LogP contribution in [0.4, 0.5) is 0 Å². The van der Waals surface area contributed by atoms with E-state index in [0.29, 0.717) is 0 Å². The van der Waals surface area contributed by atoms with Gasteiger partial charge in [-0.1, -0.05) is 32.8 Å². The van der Waals surface area contributed by atoms with Crippen molar-refractivity contribution >= 4 is 210 Å². The van der Waals surface area contributed by atoms with Gasteiger partial charge in [0.05, 0.1) is 0 Å².